The number of hydrogen-bond donors (Lipinski definition) is 0. The minimum absolute atomic E-state index is 0.431. The maximum Gasteiger partial charge on any atom is 0.0592 e. The van der Waals surface area contributed by atoms with E-state index in [0.29, 0.717) is 0 Å². The van der Waals surface area contributed by atoms with Gasteiger partial charge in [-0.25, -0.2) is 0 Å². The number of carbonyl (C=O) groups is 2. The van der Waals surface area contributed by atoms with Gasteiger partial charge in [-0.2, -0.15) is 0 Å². The summed E-state index contributed by atoms with van der Waals surface area (Å²) in [5, 5.41) is 22.0. The molecule has 0 bridgehead atoms. The van der Waals surface area contributed by atoms with E-state index in [1.165, 1.54) is 4.90 Å². The number of carboxylic acid groups (broad SMARTS) is 2. The predicted octanol–water partition coefficient (Wildman–Crippen LogP) is -0.999. The van der Waals surface area contributed by atoms with E-state index in [-0.39, 0.29) is 0 Å². The maximum atomic E-state index is 11.2. The molecule has 0 spiro atoms. The van der Waals surface area contributed by atoms with E-state index >= 15 is 0 Å². The van der Waals surface area contributed by atoms with Crippen molar-refractivity contribution in [1.82, 2.24) is 4.90 Å². The number of carbonyl (C=O) groups excluding carboxylic acids is 2. The minimum atomic E-state index is -1.30. The summed E-state index contributed by atoms with van der Waals surface area (Å²) in [5.74, 6) is -2.57. The van der Waals surface area contributed by atoms with Gasteiger partial charge >= 0.3 is 0 Å². The molecule has 5 nitrogen and oxygen atoms in total. The molecule has 0 aliphatic rings. The zero-order valence-electron chi connectivity index (χ0n) is 11.4. The van der Waals surface area contributed by atoms with Crippen molar-refractivity contribution in [2.24, 2.45) is 5.41 Å². The second-order valence-electron chi connectivity index (χ2n) is 6.26. The molecule has 17 heavy (non-hydrogen) atoms. The lowest BCUT2D eigenvalue weighted by atomic mass is 9.83. The summed E-state index contributed by atoms with van der Waals surface area (Å²) in [6.45, 7) is 10.1. The molecule has 0 aliphatic carbocycles. The Labute approximate surface area is 102 Å². The first-order chi connectivity index (χ1) is 7.37. The van der Waals surface area contributed by atoms with Gasteiger partial charge in [0.05, 0.1) is 18.0 Å². The van der Waals surface area contributed by atoms with Crippen LogP contribution in [0.25, 0.3) is 0 Å². The molecular formula is C12H21NO4-2. The highest BCUT2D eigenvalue weighted by atomic mass is 16.4. The van der Waals surface area contributed by atoms with E-state index in [4.69, 9.17) is 0 Å². The predicted molar refractivity (Wildman–Crippen MR) is 59.7 cm³/mol. The summed E-state index contributed by atoms with van der Waals surface area (Å²) >= 11 is 0. The Morgan fingerprint density at radius 1 is 1.06 bits per heavy atom. The number of aliphatic carboxylic acids is 2. The molecule has 0 N–H and O–H groups in total. The number of hydrogen-bond acceptors (Lipinski definition) is 5. The molecule has 0 amide bonds. The third-order valence-corrected chi connectivity index (χ3v) is 2.52. The summed E-state index contributed by atoms with van der Waals surface area (Å²) in [5.41, 5.74) is -1.22. The minimum Gasteiger partial charge on any atom is -0.549 e. The monoisotopic (exact) mass is 243 g/mol. The largest absolute Gasteiger partial charge is 0.549 e. The van der Waals surface area contributed by atoms with E-state index in [2.05, 4.69) is 0 Å². The summed E-state index contributed by atoms with van der Waals surface area (Å²) in [6, 6.07) is -0.986. The van der Waals surface area contributed by atoms with Gasteiger partial charge in [-0.05, 0) is 26.2 Å². The van der Waals surface area contributed by atoms with Crippen molar-refractivity contribution in [1.29, 1.82) is 0 Å². The van der Waals surface area contributed by atoms with Crippen molar-refractivity contribution < 1.29 is 19.8 Å². The lowest BCUT2D eigenvalue weighted by Crippen LogP contribution is -2.62. The molecule has 0 radical (unpaired) electrons. The van der Waals surface area contributed by atoms with Crippen molar-refractivity contribution >= 4 is 11.9 Å². The quantitative estimate of drug-likeness (QED) is 0.632. The van der Waals surface area contributed by atoms with Crippen LogP contribution in [0.5, 0.6) is 0 Å². The van der Waals surface area contributed by atoms with Gasteiger partial charge in [-0.3, -0.25) is 4.90 Å². The van der Waals surface area contributed by atoms with Crippen LogP contribution < -0.4 is 10.2 Å². The topological polar surface area (TPSA) is 83.5 Å². The third kappa shape index (κ3) is 4.73. The van der Waals surface area contributed by atoms with Crippen molar-refractivity contribution in [2.45, 2.75) is 53.1 Å². The molecule has 0 aromatic rings. The van der Waals surface area contributed by atoms with Gasteiger partial charge in [0.1, 0.15) is 0 Å². The van der Waals surface area contributed by atoms with Crippen LogP contribution in [0, 0.1) is 5.41 Å². The molecule has 0 rings (SSSR count). The summed E-state index contributed by atoms with van der Waals surface area (Å²) < 4.78 is 0. The molecule has 1 unspecified atom stereocenters. The zero-order chi connectivity index (χ0) is 14.0. The second-order valence-corrected chi connectivity index (χ2v) is 6.26. The van der Waals surface area contributed by atoms with E-state index in [9.17, 15) is 19.8 Å². The van der Waals surface area contributed by atoms with Gasteiger partial charge in [-0.1, -0.05) is 20.8 Å². The molecule has 0 heterocycles. The molecule has 0 aliphatic heterocycles. The van der Waals surface area contributed by atoms with Crippen molar-refractivity contribution in [3.63, 3.8) is 0 Å². The number of rotatable bonds is 4. The summed E-state index contributed by atoms with van der Waals surface area (Å²) in [6.07, 6.45) is 0. The Morgan fingerprint density at radius 2 is 1.47 bits per heavy atom. The number of carboxylic acids is 2. The van der Waals surface area contributed by atoms with Crippen LogP contribution in [0.1, 0.15) is 41.5 Å². The number of nitrogens with zero attached hydrogens (tertiary/aromatic N) is 1. The Hall–Kier alpha value is -1.10. The van der Waals surface area contributed by atoms with Crippen LogP contribution in [0.3, 0.4) is 0 Å². The standard InChI is InChI=1S/C12H23NO4/c1-11(2,3)9(10(16)17)13(7-8(14)15)12(4,5)6/h9H,7H2,1-6H3,(H,14,15)(H,16,17)/p-2. The van der Waals surface area contributed by atoms with Crippen LogP contribution in [-0.2, 0) is 9.59 Å². The summed E-state index contributed by atoms with van der Waals surface area (Å²) in [7, 11) is 0. The lowest BCUT2D eigenvalue weighted by molar-refractivity contribution is -0.320. The van der Waals surface area contributed by atoms with Crippen LogP contribution in [0.4, 0.5) is 0 Å². The van der Waals surface area contributed by atoms with Gasteiger partial charge in [-0.15, -0.1) is 0 Å². The van der Waals surface area contributed by atoms with Crippen molar-refractivity contribution in [2.75, 3.05) is 6.54 Å². The summed E-state index contributed by atoms with van der Waals surface area (Å²) in [4.78, 5) is 23.4. The van der Waals surface area contributed by atoms with Gasteiger partial charge < -0.3 is 19.8 Å². The normalized spacial score (nSPS) is 14.8. The van der Waals surface area contributed by atoms with Gasteiger partial charge in [0.25, 0.3) is 0 Å². The fraction of sp³-hybridized carbons (Fsp3) is 0.833. The van der Waals surface area contributed by atoms with Crippen molar-refractivity contribution in [3.05, 3.63) is 0 Å². The van der Waals surface area contributed by atoms with Gasteiger partial charge in [0.15, 0.2) is 0 Å². The van der Waals surface area contributed by atoms with Gasteiger partial charge in [0, 0.05) is 12.1 Å². The Morgan fingerprint density at radius 3 is 1.65 bits per heavy atom. The van der Waals surface area contributed by atoms with E-state index in [1.54, 1.807) is 41.5 Å². The molecule has 100 valence electrons. The first kappa shape index (κ1) is 15.9. The lowest BCUT2D eigenvalue weighted by Gasteiger charge is -2.47. The van der Waals surface area contributed by atoms with Crippen LogP contribution in [-0.4, -0.2) is 35.0 Å². The maximum absolute atomic E-state index is 11.2. The average Bonchev–Trinajstić information content (AvgIpc) is 1.96. The molecular weight excluding hydrogens is 222 g/mol. The Kier molecular flexibility index (Phi) is 4.71. The molecule has 0 saturated carbocycles. The van der Waals surface area contributed by atoms with Crippen LogP contribution >= 0.6 is 0 Å². The first-order valence-electron chi connectivity index (χ1n) is 5.55. The van der Waals surface area contributed by atoms with E-state index in [1.807, 2.05) is 0 Å². The molecule has 0 aromatic heterocycles. The molecule has 0 fully saturated rings. The zero-order valence-corrected chi connectivity index (χ0v) is 11.4. The SMILES string of the molecule is CC(C)(C)C(C(=O)[O-])N(CC(=O)[O-])C(C)(C)C. The average molecular weight is 243 g/mol. The third-order valence-electron chi connectivity index (χ3n) is 2.52. The van der Waals surface area contributed by atoms with E-state index in [0.717, 1.165) is 0 Å². The molecule has 1 atom stereocenters. The fourth-order valence-electron chi connectivity index (χ4n) is 1.80. The second kappa shape index (κ2) is 5.04. The first-order valence-corrected chi connectivity index (χ1v) is 5.55. The molecule has 0 aromatic carbocycles. The smallest absolute Gasteiger partial charge is 0.0592 e. The Balaban J connectivity index is 5.39. The highest BCUT2D eigenvalue weighted by molar-refractivity contribution is 5.74. The molecule has 0 saturated heterocycles. The highest BCUT2D eigenvalue weighted by Gasteiger charge is 2.37. The van der Waals surface area contributed by atoms with Crippen LogP contribution in [0.2, 0.25) is 0 Å². The fourth-order valence-corrected chi connectivity index (χ4v) is 1.80. The van der Waals surface area contributed by atoms with E-state index < -0.39 is 35.5 Å². The van der Waals surface area contributed by atoms with Gasteiger partial charge in [0.2, 0.25) is 0 Å². The Bertz CT molecular complexity index is 299. The highest BCUT2D eigenvalue weighted by Crippen LogP contribution is 2.29. The van der Waals surface area contributed by atoms with Crippen molar-refractivity contribution in [3.8, 4) is 0 Å². The molecule has 5 heteroatoms. The van der Waals surface area contributed by atoms with Crippen LogP contribution in [0.15, 0.2) is 0 Å².